The van der Waals surface area contributed by atoms with Gasteiger partial charge in [0, 0.05) is 18.3 Å². The molecule has 3 rings (SSSR count). The van der Waals surface area contributed by atoms with Gasteiger partial charge in [-0.3, -0.25) is 0 Å². The molecule has 0 saturated carbocycles. The molecule has 0 spiro atoms. The average Bonchev–Trinajstić information content (AvgIpc) is 2.79. The SMILES string of the molecule is Nc1ccc(-c2nc3ccccc3n2CCO)cn1. The first kappa shape index (κ1) is 11.7. The van der Waals surface area contributed by atoms with Crippen LogP contribution >= 0.6 is 0 Å². The number of nitrogens with zero attached hydrogens (tertiary/aromatic N) is 3. The number of anilines is 1. The molecule has 19 heavy (non-hydrogen) atoms. The molecule has 3 aromatic rings. The van der Waals surface area contributed by atoms with Gasteiger partial charge in [-0.05, 0) is 24.3 Å². The molecular weight excluding hydrogens is 240 g/mol. The normalized spacial score (nSPS) is 11.0. The van der Waals surface area contributed by atoms with Crippen LogP contribution in [-0.2, 0) is 6.54 Å². The van der Waals surface area contributed by atoms with E-state index >= 15 is 0 Å². The maximum Gasteiger partial charge on any atom is 0.142 e. The highest BCUT2D eigenvalue weighted by atomic mass is 16.3. The summed E-state index contributed by atoms with van der Waals surface area (Å²) >= 11 is 0. The number of rotatable bonds is 3. The number of benzene rings is 1. The number of pyridine rings is 1. The number of aromatic nitrogens is 3. The lowest BCUT2D eigenvalue weighted by Crippen LogP contribution is -2.04. The Bertz CT molecular complexity index is 703. The number of hydrogen-bond donors (Lipinski definition) is 2. The monoisotopic (exact) mass is 254 g/mol. The Balaban J connectivity index is 2.21. The molecule has 2 heterocycles. The Morgan fingerprint density at radius 2 is 2.00 bits per heavy atom. The van der Waals surface area contributed by atoms with Crippen LogP contribution in [-0.4, -0.2) is 26.2 Å². The van der Waals surface area contributed by atoms with Gasteiger partial charge in [0.1, 0.15) is 11.6 Å². The number of fused-ring (bicyclic) bond motifs is 1. The van der Waals surface area contributed by atoms with Crippen molar-refractivity contribution in [2.45, 2.75) is 6.54 Å². The highest BCUT2D eigenvalue weighted by molar-refractivity contribution is 5.80. The third-order valence-corrected chi connectivity index (χ3v) is 3.02. The fraction of sp³-hybridized carbons (Fsp3) is 0.143. The highest BCUT2D eigenvalue weighted by Gasteiger charge is 2.11. The Hall–Kier alpha value is -2.40. The summed E-state index contributed by atoms with van der Waals surface area (Å²) in [5, 5.41) is 9.23. The molecule has 0 amide bonds. The minimum absolute atomic E-state index is 0.0652. The third kappa shape index (κ3) is 2.04. The van der Waals surface area contributed by atoms with Gasteiger partial charge in [-0.1, -0.05) is 12.1 Å². The molecule has 0 unspecified atom stereocenters. The number of nitrogen functional groups attached to an aromatic ring is 1. The lowest BCUT2D eigenvalue weighted by Gasteiger charge is -2.07. The van der Waals surface area contributed by atoms with Gasteiger partial charge in [-0.2, -0.15) is 0 Å². The smallest absolute Gasteiger partial charge is 0.142 e. The second kappa shape index (κ2) is 4.70. The van der Waals surface area contributed by atoms with E-state index in [4.69, 9.17) is 5.73 Å². The van der Waals surface area contributed by atoms with E-state index in [1.165, 1.54) is 0 Å². The van der Waals surface area contributed by atoms with Gasteiger partial charge in [-0.25, -0.2) is 9.97 Å². The van der Waals surface area contributed by atoms with Crippen molar-refractivity contribution >= 4 is 16.9 Å². The standard InChI is InChI=1S/C14H14N4O/c15-13-6-5-10(9-16-13)14-17-11-3-1-2-4-12(11)18(14)7-8-19/h1-6,9,19H,7-8H2,(H2,15,16). The van der Waals surface area contributed by atoms with Gasteiger partial charge < -0.3 is 15.4 Å². The van der Waals surface area contributed by atoms with Crippen LogP contribution in [0.4, 0.5) is 5.82 Å². The van der Waals surface area contributed by atoms with Gasteiger partial charge in [0.05, 0.1) is 17.6 Å². The van der Waals surface area contributed by atoms with E-state index in [0.29, 0.717) is 12.4 Å². The number of imidazole rings is 1. The molecule has 0 aliphatic heterocycles. The van der Waals surface area contributed by atoms with Crippen LogP contribution in [0.25, 0.3) is 22.4 Å². The van der Waals surface area contributed by atoms with Crippen molar-refractivity contribution in [1.82, 2.24) is 14.5 Å². The number of aliphatic hydroxyl groups excluding tert-OH is 1. The van der Waals surface area contributed by atoms with Gasteiger partial charge >= 0.3 is 0 Å². The molecule has 0 aliphatic rings. The zero-order valence-electron chi connectivity index (χ0n) is 10.3. The van der Waals surface area contributed by atoms with E-state index in [1.54, 1.807) is 12.3 Å². The van der Waals surface area contributed by atoms with Crippen molar-refractivity contribution in [3.05, 3.63) is 42.6 Å². The number of aliphatic hydroxyl groups is 1. The fourth-order valence-corrected chi connectivity index (χ4v) is 2.16. The molecule has 0 atom stereocenters. The average molecular weight is 254 g/mol. The van der Waals surface area contributed by atoms with Crippen LogP contribution in [0.5, 0.6) is 0 Å². The first-order valence-electron chi connectivity index (χ1n) is 6.07. The second-order valence-corrected chi connectivity index (χ2v) is 4.27. The molecule has 5 heteroatoms. The number of nitrogens with two attached hydrogens (primary N) is 1. The van der Waals surface area contributed by atoms with Crippen molar-refractivity contribution < 1.29 is 5.11 Å². The van der Waals surface area contributed by atoms with Crippen LogP contribution < -0.4 is 5.73 Å². The minimum Gasteiger partial charge on any atom is -0.395 e. The summed E-state index contributed by atoms with van der Waals surface area (Å²) in [5.41, 5.74) is 8.39. The molecule has 3 N–H and O–H groups in total. The quantitative estimate of drug-likeness (QED) is 0.745. The van der Waals surface area contributed by atoms with Crippen LogP contribution in [0.1, 0.15) is 0 Å². The summed E-state index contributed by atoms with van der Waals surface area (Å²) in [5.74, 6) is 1.27. The lowest BCUT2D eigenvalue weighted by atomic mass is 10.2. The molecule has 0 saturated heterocycles. The maximum atomic E-state index is 9.23. The van der Waals surface area contributed by atoms with Gasteiger partial charge in [0.15, 0.2) is 0 Å². The Kier molecular flexibility index (Phi) is 2.89. The molecule has 0 aliphatic carbocycles. The number of hydrogen-bond acceptors (Lipinski definition) is 4. The molecule has 96 valence electrons. The third-order valence-electron chi connectivity index (χ3n) is 3.02. The molecule has 5 nitrogen and oxygen atoms in total. The Labute approximate surface area is 110 Å². The predicted octanol–water partition coefficient (Wildman–Crippen LogP) is 1.67. The zero-order valence-corrected chi connectivity index (χ0v) is 10.3. The van der Waals surface area contributed by atoms with Gasteiger partial charge in [0.2, 0.25) is 0 Å². The summed E-state index contributed by atoms with van der Waals surface area (Å²) in [6.45, 7) is 0.565. The van der Waals surface area contributed by atoms with Crippen molar-refractivity contribution in [2.75, 3.05) is 12.3 Å². The molecule has 2 aromatic heterocycles. The topological polar surface area (TPSA) is 77.0 Å². The predicted molar refractivity (Wildman–Crippen MR) is 74.5 cm³/mol. The van der Waals surface area contributed by atoms with E-state index in [-0.39, 0.29) is 6.61 Å². The molecule has 0 radical (unpaired) electrons. The molecule has 0 fully saturated rings. The van der Waals surface area contributed by atoms with E-state index in [9.17, 15) is 5.11 Å². The Morgan fingerprint density at radius 3 is 2.74 bits per heavy atom. The van der Waals surface area contributed by atoms with Crippen molar-refractivity contribution in [3.63, 3.8) is 0 Å². The van der Waals surface area contributed by atoms with Crippen LogP contribution in [0.15, 0.2) is 42.6 Å². The summed E-state index contributed by atoms with van der Waals surface area (Å²) < 4.78 is 1.99. The summed E-state index contributed by atoms with van der Waals surface area (Å²) in [4.78, 5) is 8.69. The first-order valence-corrected chi connectivity index (χ1v) is 6.07. The van der Waals surface area contributed by atoms with Crippen molar-refractivity contribution in [3.8, 4) is 11.4 Å². The second-order valence-electron chi connectivity index (χ2n) is 4.27. The van der Waals surface area contributed by atoms with E-state index < -0.39 is 0 Å². The fourth-order valence-electron chi connectivity index (χ4n) is 2.16. The van der Waals surface area contributed by atoms with Crippen LogP contribution in [0.2, 0.25) is 0 Å². The first-order chi connectivity index (χ1) is 9.29. The van der Waals surface area contributed by atoms with E-state index in [1.807, 2.05) is 34.9 Å². The summed E-state index contributed by atoms with van der Waals surface area (Å²) in [7, 11) is 0. The van der Waals surface area contributed by atoms with Gasteiger partial charge in [0.25, 0.3) is 0 Å². The number of para-hydroxylation sites is 2. The van der Waals surface area contributed by atoms with E-state index in [0.717, 1.165) is 22.4 Å². The summed E-state index contributed by atoms with van der Waals surface area (Å²) in [6.07, 6.45) is 1.70. The molecule has 1 aromatic carbocycles. The van der Waals surface area contributed by atoms with E-state index in [2.05, 4.69) is 9.97 Å². The van der Waals surface area contributed by atoms with Crippen molar-refractivity contribution in [2.24, 2.45) is 0 Å². The molecule has 0 bridgehead atoms. The van der Waals surface area contributed by atoms with Crippen LogP contribution in [0.3, 0.4) is 0 Å². The lowest BCUT2D eigenvalue weighted by molar-refractivity contribution is 0.278. The van der Waals surface area contributed by atoms with Gasteiger partial charge in [-0.15, -0.1) is 0 Å². The van der Waals surface area contributed by atoms with Crippen LogP contribution in [0, 0.1) is 0 Å². The Morgan fingerprint density at radius 1 is 1.16 bits per heavy atom. The van der Waals surface area contributed by atoms with Crippen molar-refractivity contribution in [1.29, 1.82) is 0 Å². The maximum absolute atomic E-state index is 9.23. The zero-order chi connectivity index (χ0) is 13.2. The molecular formula is C14H14N4O. The summed E-state index contributed by atoms with van der Waals surface area (Å²) in [6, 6.07) is 11.5. The highest BCUT2D eigenvalue weighted by Crippen LogP contribution is 2.24. The largest absolute Gasteiger partial charge is 0.395 e. The minimum atomic E-state index is 0.0652.